The van der Waals surface area contributed by atoms with E-state index in [1.165, 1.54) is 11.8 Å². The number of nitrogens with zero attached hydrogens (tertiary/aromatic N) is 3. The summed E-state index contributed by atoms with van der Waals surface area (Å²) in [6.45, 7) is 2.85. The molecule has 3 fully saturated rings. The summed E-state index contributed by atoms with van der Waals surface area (Å²) in [6.07, 6.45) is 6.00. The van der Waals surface area contributed by atoms with Crippen LogP contribution < -0.4 is 0 Å². The van der Waals surface area contributed by atoms with Crippen molar-refractivity contribution in [3.8, 4) is 0 Å². The summed E-state index contributed by atoms with van der Waals surface area (Å²) >= 11 is 0. The number of hydrogen-bond donors (Lipinski definition) is 0. The molecular formula is C21H25N3O2. The Morgan fingerprint density at radius 2 is 2.00 bits per heavy atom. The first-order valence-corrected chi connectivity index (χ1v) is 9.80. The lowest BCUT2D eigenvalue weighted by atomic mass is 9.76. The van der Waals surface area contributed by atoms with Crippen molar-refractivity contribution in [1.29, 1.82) is 0 Å². The Kier molecular flexibility index (Phi) is 3.76. The summed E-state index contributed by atoms with van der Waals surface area (Å²) in [5, 5.41) is 1.17. The molecule has 2 bridgehead atoms. The van der Waals surface area contributed by atoms with Gasteiger partial charge in [-0.15, -0.1) is 0 Å². The first-order chi connectivity index (χ1) is 12.7. The fourth-order valence-corrected chi connectivity index (χ4v) is 5.34. The summed E-state index contributed by atoms with van der Waals surface area (Å²) in [6, 6.07) is 10.6. The number of carbonyl (C=O) groups excluding carboxylic acids is 2. The van der Waals surface area contributed by atoms with Crippen LogP contribution in [0.25, 0.3) is 10.9 Å². The summed E-state index contributed by atoms with van der Waals surface area (Å²) < 4.78 is 2.05. The molecule has 3 aliphatic rings. The van der Waals surface area contributed by atoms with Gasteiger partial charge in [-0.2, -0.15) is 0 Å². The maximum Gasteiger partial charge on any atom is 0.242 e. The lowest BCUT2D eigenvalue weighted by Crippen LogP contribution is -2.61. The highest BCUT2D eigenvalue weighted by atomic mass is 16.2. The van der Waals surface area contributed by atoms with Gasteiger partial charge in [-0.3, -0.25) is 9.59 Å². The van der Waals surface area contributed by atoms with Crippen LogP contribution in [0.4, 0.5) is 0 Å². The lowest BCUT2D eigenvalue weighted by molar-refractivity contribution is -0.148. The zero-order valence-corrected chi connectivity index (χ0v) is 15.0. The average Bonchev–Trinajstić information content (AvgIpc) is 3.05. The van der Waals surface area contributed by atoms with E-state index < -0.39 is 0 Å². The predicted octanol–water partition coefficient (Wildman–Crippen LogP) is 2.50. The molecule has 2 amide bonds. The van der Waals surface area contributed by atoms with Gasteiger partial charge >= 0.3 is 0 Å². The lowest BCUT2D eigenvalue weighted by Gasteiger charge is -2.52. The largest absolute Gasteiger partial charge is 0.340 e. The first kappa shape index (κ1) is 15.9. The second-order valence-electron chi connectivity index (χ2n) is 8.17. The Bertz CT molecular complexity index is 858. The van der Waals surface area contributed by atoms with Crippen molar-refractivity contribution in [3.05, 3.63) is 36.5 Å². The van der Waals surface area contributed by atoms with E-state index in [4.69, 9.17) is 0 Å². The second kappa shape index (κ2) is 6.15. The smallest absolute Gasteiger partial charge is 0.242 e. The minimum Gasteiger partial charge on any atom is -0.340 e. The van der Waals surface area contributed by atoms with Crippen molar-refractivity contribution in [2.75, 3.05) is 19.6 Å². The first-order valence-electron chi connectivity index (χ1n) is 9.80. The van der Waals surface area contributed by atoms with Gasteiger partial charge < -0.3 is 14.4 Å². The van der Waals surface area contributed by atoms with Crippen molar-refractivity contribution in [2.24, 2.45) is 11.8 Å². The number of carbonyl (C=O) groups is 2. The van der Waals surface area contributed by atoms with E-state index in [9.17, 15) is 9.59 Å². The van der Waals surface area contributed by atoms with Crippen molar-refractivity contribution < 1.29 is 9.59 Å². The van der Waals surface area contributed by atoms with Crippen molar-refractivity contribution in [2.45, 2.75) is 38.3 Å². The average molecular weight is 351 g/mol. The van der Waals surface area contributed by atoms with E-state index in [1.807, 2.05) is 18.3 Å². The van der Waals surface area contributed by atoms with Gasteiger partial charge in [0, 0.05) is 43.8 Å². The second-order valence-corrected chi connectivity index (χ2v) is 8.17. The van der Waals surface area contributed by atoms with Crippen molar-refractivity contribution in [3.63, 3.8) is 0 Å². The number of aromatic nitrogens is 1. The molecule has 0 spiro atoms. The topological polar surface area (TPSA) is 45.6 Å². The molecule has 0 radical (unpaired) electrons. The molecule has 3 atom stereocenters. The SMILES string of the molecule is O=C(Cn1ccc2ccccc21)N1CC2CC(C1)C1CCCC(=O)N1C2. The zero-order valence-electron chi connectivity index (χ0n) is 15.0. The van der Waals surface area contributed by atoms with Crippen LogP contribution in [-0.4, -0.2) is 51.9 Å². The number of fused-ring (bicyclic) bond motifs is 5. The summed E-state index contributed by atoms with van der Waals surface area (Å²) in [7, 11) is 0. The van der Waals surface area contributed by atoms with Gasteiger partial charge in [0.1, 0.15) is 6.54 Å². The van der Waals surface area contributed by atoms with E-state index in [1.54, 1.807) is 0 Å². The van der Waals surface area contributed by atoms with E-state index >= 15 is 0 Å². The Hall–Kier alpha value is -2.30. The summed E-state index contributed by atoms with van der Waals surface area (Å²) in [5.41, 5.74) is 1.11. The molecule has 5 rings (SSSR count). The molecule has 2 aromatic rings. The maximum absolute atomic E-state index is 13.0. The molecule has 3 aliphatic heterocycles. The number of likely N-dealkylation sites (tertiary alicyclic amines) is 1. The Morgan fingerprint density at radius 3 is 2.92 bits per heavy atom. The number of para-hydroxylation sites is 1. The number of benzene rings is 1. The van der Waals surface area contributed by atoms with Gasteiger partial charge in [-0.1, -0.05) is 18.2 Å². The standard InChI is InChI=1S/C21H25N3O2/c25-20-7-3-6-19-17-10-15(12-24(19)20)11-23(13-17)21(26)14-22-9-8-16-4-1-2-5-18(16)22/h1-2,4-5,8-9,15,17,19H,3,6-7,10-14H2. The fraction of sp³-hybridized carbons (Fsp3) is 0.524. The van der Waals surface area contributed by atoms with Crippen LogP contribution in [0.5, 0.6) is 0 Å². The van der Waals surface area contributed by atoms with E-state index in [-0.39, 0.29) is 5.91 Å². The van der Waals surface area contributed by atoms with E-state index in [0.717, 1.165) is 38.0 Å². The van der Waals surface area contributed by atoms with Gasteiger partial charge in [0.2, 0.25) is 11.8 Å². The van der Waals surface area contributed by atoms with Gasteiger partial charge in [-0.25, -0.2) is 0 Å². The molecule has 1 aromatic heterocycles. The predicted molar refractivity (Wildman–Crippen MR) is 99.5 cm³/mol. The number of piperidine rings is 3. The van der Waals surface area contributed by atoms with E-state index in [2.05, 4.69) is 32.6 Å². The van der Waals surface area contributed by atoms with Crippen LogP contribution in [0.15, 0.2) is 36.5 Å². The third kappa shape index (κ3) is 2.61. The van der Waals surface area contributed by atoms with Crippen molar-refractivity contribution in [1.82, 2.24) is 14.4 Å². The highest BCUT2D eigenvalue weighted by Crippen LogP contribution is 2.38. The van der Waals surface area contributed by atoms with Gasteiger partial charge in [0.25, 0.3) is 0 Å². The van der Waals surface area contributed by atoms with Gasteiger partial charge in [0.15, 0.2) is 0 Å². The highest BCUT2D eigenvalue weighted by molar-refractivity contribution is 5.83. The molecule has 0 N–H and O–H groups in total. The molecule has 0 aliphatic carbocycles. The molecule has 136 valence electrons. The molecule has 0 saturated carbocycles. The zero-order chi connectivity index (χ0) is 17.7. The summed E-state index contributed by atoms with van der Waals surface area (Å²) in [4.78, 5) is 29.4. The molecule has 1 aromatic carbocycles. The molecule has 4 heterocycles. The third-order valence-corrected chi connectivity index (χ3v) is 6.52. The summed E-state index contributed by atoms with van der Waals surface area (Å²) in [5.74, 6) is 1.43. The van der Waals surface area contributed by atoms with Crippen LogP contribution in [0.1, 0.15) is 25.7 Å². The molecular weight excluding hydrogens is 326 g/mol. The molecule has 3 unspecified atom stereocenters. The Balaban J connectivity index is 1.32. The monoisotopic (exact) mass is 351 g/mol. The maximum atomic E-state index is 13.0. The minimum atomic E-state index is 0.205. The van der Waals surface area contributed by atoms with Crippen LogP contribution in [0.2, 0.25) is 0 Å². The number of amides is 2. The van der Waals surface area contributed by atoms with Crippen LogP contribution in [-0.2, 0) is 16.1 Å². The molecule has 26 heavy (non-hydrogen) atoms. The van der Waals surface area contributed by atoms with Crippen LogP contribution in [0, 0.1) is 11.8 Å². The minimum absolute atomic E-state index is 0.205. The molecule has 3 saturated heterocycles. The van der Waals surface area contributed by atoms with Crippen LogP contribution in [0.3, 0.4) is 0 Å². The quantitative estimate of drug-likeness (QED) is 0.834. The van der Waals surface area contributed by atoms with Crippen molar-refractivity contribution >= 4 is 22.7 Å². The number of hydrogen-bond acceptors (Lipinski definition) is 2. The normalized spacial score (nSPS) is 28.3. The van der Waals surface area contributed by atoms with Crippen LogP contribution >= 0.6 is 0 Å². The van der Waals surface area contributed by atoms with E-state index in [0.29, 0.717) is 36.8 Å². The third-order valence-electron chi connectivity index (χ3n) is 6.52. The molecule has 5 nitrogen and oxygen atoms in total. The van der Waals surface area contributed by atoms with Gasteiger partial charge in [-0.05, 0) is 48.6 Å². The molecule has 5 heteroatoms. The highest BCUT2D eigenvalue weighted by Gasteiger charge is 2.44. The van der Waals surface area contributed by atoms with Gasteiger partial charge in [0.05, 0.1) is 0 Å². The Labute approximate surface area is 153 Å². The fourth-order valence-electron chi connectivity index (χ4n) is 5.34. The Morgan fingerprint density at radius 1 is 1.12 bits per heavy atom. The number of rotatable bonds is 2.